The van der Waals surface area contributed by atoms with Crippen LogP contribution >= 0.6 is 0 Å². The molecule has 1 fully saturated rings. The van der Waals surface area contributed by atoms with Gasteiger partial charge in [-0.25, -0.2) is 9.97 Å². The van der Waals surface area contributed by atoms with Crippen LogP contribution in [0.4, 0.5) is 11.6 Å². The van der Waals surface area contributed by atoms with Crippen LogP contribution in [0.3, 0.4) is 0 Å². The predicted molar refractivity (Wildman–Crippen MR) is 110 cm³/mol. The molecular formula is C20H27N5O4. The van der Waals surface area contributed by atoms with Crippen molar-refractivity contribution in [1.29, 1.82) is 0 Å². The third kappa shape index (κ3) is 5.71. The van der Waals surface area contributed by atoms with Gasteiger partial charge >= 0.3 is 0 Å². The molecule has 9 nitrogen and oxygen atoms in total. The SMILES string of the molecule is COc1cc(OC)cc(C(=O)NCCNc2cc(N3CCOCC3)nc(C)n2)c1. The Kier molecular flexibility index (Phi) is 7.07. The lowest BCUT2D eigenvalue weighted by molar-refractivity contribution is 0.0954. The summed E-state index contributed by atoms with van der Waals surface area (Å²) in [4.78, 5) is 23.5. The van der Waals surface area contributed by atoms with E-state index in [1.54, 1.807) is 32.4 Å². The Morgan fingerprint density at radius 1 is 1.07 bits per heavy atom. The van der Waals surface area contributed by atoms with Gasteiger partial charge in [-0.2, -0.15) is 0 Å². The first-order valence-electron chi connectivity index (χ1n) is 9.52. The summed E-state index contributed by atoms with van der Waals surface area (Å²) >= 11 is 0. The number of aromatic nitrogens is 2. The molecule has 0 radical (unpaired) electrons. The van der Waals surface area contributed by atoms with E-state index in [-0.39, 0.29) is 5.91 Å². The molecule has 1 aromatic heterocycles. The smallest absolute Gasteiger partial charge is 0.251 e. The summed E-state index contributed by atoms with van der Waals surface area (Å²) in [5.41, 5.74) is 0.480. The van der Waals surface area contributed by atoms with Gasteiger partial charge in [-0.05, 0) is 19.1 Å². The van der Waals surface area contributed by atoms with E-state index < -0.39 is 0 Å². The second-order valence-corrected chi connectivity index (χ2v) is 6.54. The maximum atomic E-state index is 12.4. The van der Waals surface area contributed by atoms with Gasteiger partial charge in [0.1, 0.15) is 29.0 Å². The van der Waals surface area contributed by atoms with Gasteiger partial charge in [0.05, 0.1) is 27.4 Å². The highest BCUT2D eigenvalue weighted by molar-refractivity contribution is 5.95. The molecule has 0 unspecified atom stereocenters. The molecule has 2 N–H and O–H groups in total. The summed E-state index contributed by atoms with van der Waals surface area (Å²) in [7, 11) is 3.10. The lowest BCUT2D eigenvalue weighted by Crippen LogP contribution is -2.37. The summed E-state index contributed by atoms with van der Waals surface area (Å²) in [6.07, 6.45) is 0. The molecule has 2 heterocycles. The number of carbonyl (C=O) groups excluding carboxylic acids is 1. The van der Waals surface area contributed by atoms with Crippen LogP contribution in [0.25, 0.3) is 0 Å². The van der Waals surface area contributed by atoms with Crippen molar-refractivity contribution in [1.82, 2.24) is 15.3 Å². The molecule has 156 valence electrons. The van der Waals surface area contributed by atoms with Gasteiger partial charge in [-0.3, -0.25) is 4.79 Å². The van der Waals surface area contributed by atoms with Crippen LogP contribution in [-0.2, 0) is 4.74 Å². The maximum Gasteiger partial charge on any atom is 0.251 e. The van der Waals surface area contributed by atoms with Crippen LogP contribution in [0.2, 0.25) is 0 Å². The fourth-order valence-electron chi connectivity index (χ4n) is 3.00. The second-order valence-electron chi connectivity index (χ2n) is 6.54. The van der Waals surface area contributed by atoms with Gasteiger partial charge in [0.25, 0.3) is 5.91 Å². The van der Waals surface area contributed by atoms with Crippen LogP contribution < -0.4 is 25.0 Å². The van der Waals surface area contributed by atoms with Crippen molar-refractivity contribution >= 4 is 17.5 Å². The summed E-state index contributed by atoms with van der Waals surface area (Å²) in [5.74, 6) is 3.26. The minimum atomic E-state index is -0.197. The first kappa shape index (κ1) is 20.7. The predicted octanol–water partition coefficient (Wildman–Crippen LogP) is 1.48. The minimum absolute atomic E-state index is 0.197. The van der Waals surface area contributed by atoms with Gasteiger partial charge < -0.3 is 29.7 Å². The molecule has 0 spiro atoms. The van der Waals surface area contributed by atoms with E-state index in [0.29, 0.717) is 49.2 Å². The molecule has 0 bridgehead atoms. The fourth-order valence-corrected chi connectivity index (χ4v) is 3.00. The summed E-state index contributed by atoms with van der Waals surface area (Å²) in [5, 5.41) is 6.13. The van der Waals surface area contributed by atoms with E-state index in [0.717, 1.165) is 24.7 Å². The quantitative estimate of drug-likeness (QED) is 0.642. The number of benzene rings is 1. The molecule has 0 atom stereocenters. The highest BCUT2D eigenvalue weighted by atomic mass is 16.5. The molecule has 0 aliphatic carbocycles. The third-order valence-electron chi connectivity index (χ3n) is 4.49. The lowest BCUT2D eigenvalue weighted by Gasteiger charge is -2.28. The molecule has 1 aliphatic heterocycles. The topological polar surface area (TPSA) is 97.8 Å². The van der Waals surface area contributed by atoms with Crippen LogP contribution in [0.15, 0.2) is 24.3 Å². The van der Waals surface area contributed by atoms with Crippen molar-refractivity contribution in [2.75, 3.05) is 63.8 Å². The highest BCUT2D eigenvalue weighted by Gasteiger charge is 2.14. The van der Waals surface area contributed by atoms with Crippen LogP contribution in [0, 0.1) is 6.92 Å². The summed E-state index contributed by atoms with van der Waals surface area (Å²) in [6.45, 7) is 5.87. The number of methoxy groups -OCH3 is 2. The standard InChI is InChI=1S/C20H27N5O4/c1-14-23-18(13-19(24-14)25-6-8-29-9-7-25)21-4-5-22-20(26)15-10-16(27-2)12-17(11-15)28-3/h10-13H,4-9H2,1-3H3,(H,22,26)(H,21,23,24). The van der Waals surface area contributed by atoms with E-state index in [2.05, 4.69) is 25.5 Å². The first-order chi connectivity index (χ1) is 14.1. The Morgan fingerprint density at radius 3 is 2.41 bits per heavy atom. The Balaban J connectivity index is 1.54. The number of aryl methyl sites for hydroxylation is 1. The van der Waals surface area contributed by atoms with Crippen LogP contribution in [-0.4, -0.2) is 69.5 Å². The van der Waals surface area contributed by atoms with E-state index in [4.69, 9.17) is 14.2 Å². The average molecular weight is 401 g/mol. The van der Waals surface area contributed by atoms with Crippen molar-refractivity contribution < 1.29 is 19.0 Å². The van der Waals surface area contributed by atoms with Gasteiger partial charge in [-0.15, -0.1) is 0 Å². The Bertz CT molecular complexity index is 817. The number of nitrogens with one attached hydrogen (secondary N) is 2. The van der Waals surface area contributed by atoms with Crippen molar-refractivity contribution in [2.45, 2.75) is 6.92 Å². The van der Waals surface area contributed by atoms with E-state index in [1.807, 2.05) is 13.0 Å². The number of anilines is 2. The monoisotopic (exact) mass is 401 g/mol. The van der Waals surface area contributed by atoms with E-state index in [1.165, 1.54) is 0 Å². The molecule has 29 heavy (non-hydrogen) atoms. The second kappa shape index (κ2) is 9.92. The fraction of sp³-hybridized carbons (Fsp3) is 0.450. The zero-order chi connectivity index (χ0) is 20.6. The largest absolute Gasteiger partial charge is 0.497 e. The van der Waals surface area contributed by atoms with Crippen molar-refractivity contribution in [3.8, 4) is 11.5 Å². The molecule has 9 heteroatoms. The van der Waals surface area contributed by atoms with Crippen molar-refractivity contribution in [3.05, 3.63) is 35.7 Å². The molecular weight excluding hydrogens is 374 g/mol. The minimum Gasteiger partial charge on any atom is -0.497 e. The molecule has 1 saturated heterocycles. The van der Waals surface area contributed by atoms with Gasteiger partial charge in [0, 0.05) is 43.9 Å². The average Bonchev–Trinajstić information content (AvgIpc) is 2.76. The van der Waals surface area contributed by atoms with Gasteiger partial charge in [0.2, 0.25) is 0 Å². The highest BCUT2D eigenvalue weighted by Crippen LogP contribution is 2.22. The van der Waals surface area contributed by atoms with Crippen molar-refractivity contribution in [2.24, 2.45) is 0 Å². The molecule has 0 saturated carbocycles. The number of nitrogens with zero attached hydrogens (tertiary/aromatic N) is 3. The van der Waals surface area contributed by atoms with Crippen LogP contribution in [0.5, 0.6) is 11.5 Å². The molecule has 3 rings (SSSR count). The van der Waals surface area contributed by atoms with E-state index >= 15 is 0 Å². The van der Waals surface area contributed by atoms with Gasteiger partial charge in [0.15, 0.2) is 0 Å². The molecule has 2 aromatic rings. The normalized spacial score (nSPS) is 13.7. The number of rotatable bonds is 8. The number of amides is 1. The number of carbonyl (C=O) groups is 1. The molecule has 1 aromatic carbocycles. The summed E-state index contributed by atoms with van der Waals surface area (Å²) in [6, 6.07) is 7.00. The zero-order valence-electron chi connectivity index (χ0n) is 17.0. The Hall–Kier alpha value is -3.07. The number of ether oxygens (including phenoxy) is 3. The summed E-state index contributed by atoms with van der Waals surface area (Å²) < 4.78 is 15.8. The Morgan fingerprint density at radius 2 is 1.76 bits per heavy atom. The molecule has 1 aliphatic rings. The number of hydrogen-bond donors (Lipinski definition) is 2. The Labute approximate surface area is 170 Å². The number of morpholine rings is 1. The lowest BCUT2D eigenvalue weighted by atomic mass is 10.2. The van der Waals surface area contributed by atoms with E-state index in [9.17, 15) is 4.79 Å². The first-order valence-corrected chi connectivity index (χ1v) is 9.52. The molecule has 1 amide bonds. The number of hydrogen-bond acceptors (Lipinski definition) is 8. The third-order valence-corrected chi connectivity index (χ3v) is 4.49. The maximum absolute atomic E-state index is 12.4. The van der Waals surface area contributed by atoms with Gasteiger partial charge in [-0.1, -0.05) is 0 Å². The zero-order valence-corrected chi connectivity index (χ0v) is 17.0. The van der Waals surface area contributed by atoms with Crippen molar-refractivity contribution in [3.63, 3.8) is 0 Å². The van der Waals surface area contributed by atoms with Crippen LogP contribution in [0.1, 0.15) is 16.2 Å².